The molecule has 2 saturated carbocycles. The molecule has 2 fully saturated rings. The number of nitrogens with one attached hydrogen (secondary N) is 1. The fourth-order valence-electron chi connectivity index (χ4n) is 2.28. The van der Waals surface area contributed by atoms with Crippen molar-refractivity contribution in [1.29, 1.82) is 0 Å². The molecule has 0 saturated heterocycles. The lowest BCUT2D eigenvalue weighted by atomic mass is 10.2. The maximum absolute atomic E-state index is 13.8. The Labute approximate surface area is 123 Å². The predicted octanol–water partition coefficient (Wildman–Crippen LogP) is 2.72. The summed E-state index contributed by atoms with van der Waals surface area (Å²) < 4.78 is 13.8. The second-order valence-electron chi connectivity index (χ2n) is 5.61. The first-order valence-corrected chi connectivity index (χ1v) is 7.48. The van der Waals surface area contributed by atoms with Crippen LogP contribution >= 0.6 is 11.6 Å². The van der Waals surface area contributed by atoms with Gasteiger partial charge in [-0.1, -0.05) is 17.7 Å². The van der Waals surface area contributed by atoms with E-state index in [1.165, 1.54) is 6.07 Å². The van der Waals surface area contributed by atoms with Gasteiger partial charge in [0, 0.05) is 22.7 Å². The summed E-state index contributed by atoms with van der Waals surface area (Å²) in [6.45, 7) is 0.606. The standard InChI is InChI=1S/C15H18ClFN2O/c16-13-2-1-3-14(17)12(13)9-19(11-6-7-11)15(20)8-18-10-4-5-10/h1-3,10-11,18H,4-9H2. The molecule has 0 radical (unpaired) electrons. The molecular formula is C15H18ClFN2O. The molecular weight excluding hydrogens is 279 g/mol. The van der Waals surface area contributed by atoms with Crippen molar-refractivity contribution in [3.05, 3.63) is 34.6 Å². The van der Waals surface area contributed by atoms with Crippen LogP contribution in [0.25, 0.3) is 0 Å². The monoisotopic (exact) mass is 296 g/mol. The maximum atomic E-state index is 13.8. The van der Waals surface area contributed by atoms with Gasteiger partial charge in [0.15, 0.2) is 0 Å². The van der Waals surface area contributed by atoms with Crippen molar-refractivity contribution >= 4 is 17.5 Å². The average Bonchev–Trinajstić information content (AvgIpc) is 3.27. The third kappa shape index (κ3) is 3.30. The molecule has 0 spiro atoms. The number of nitrogens with zero attached hydrogens (tertiary/aromatic N) is 1. The first-order chi connectivity index (χ1) is 9.65. The zero-order valence-electron chi connectivity index (χ0n) is 11.2. The molecule has 3 rings (SSSR count). The minimum Gasteiger partial charge on any atom is -0.334 e. The Hall–Kier alpha value is -1.13. The number of benzene rings is 1. The van der Waals surface area contributed by atoms with Gasteiger partial charge in [-0.2, -0.15) is 0 Å². The number of hydrogen-bond donors (Lipinski definition) is 1. The average molecular weight is 297 g/mol. The highest BCUT2D eigenvalue weighted by Crippen LogP contribution is 2.30. The Balaban J connectivity index is 1.68. The van der Waals surface area contributed by atoms with E-state index in [-0.39, 0.29) is 24.3 Å². The van der Waals surface area contributed by atoms with Crippen LogP contribution in [0.15, 0.2) is 18.2 Å². The molecule has 1 aromatic rings. The summed E-state index contributed by atoms with van der Waals surface area (Å²) in [5.74, 6) is -0.301. The first kappa shape index (κ1) is 13.8. The van der Waals surface area contributed by atoms with E-state index in [0.29, 0.717) is 23.2 Å². The largest absolute Gasteiger partial charge is 0.334 e. The molecule has 0 heterocycles. The fraction of sp³-hybridized carbons (Fsp3) is 0.533. The van der Waals surface area contributed by atoms with Crippen molar-refractivity contribution in [2.75, 3.05) is 6.54 Å². The Morgan fingerprint density at radius 3 is 2.70 bits per heavy atom. The summed E-state index contributed by atoms with van der Waals surface area (Å²) in [6, 6.07) is 5.38. The molecule has 0 bridgehead atoms. The molecule has 108 valence electrons. The molecule has 1 N–H and O–H groups in total. The molecule has 2 aliphatic carbocycles. The fourth-order valence-corrected chi connectivity index (χ4v) is 2.50. The number of carbonyl (C=O) groups excluding carboxylic acids is 1. The SMILES string of the molecule is O=C(CNC1CC1)N(Cc1c(F)cccc1Cl)C1CC1. The molecule has 0 atom stereocenters. The van der Waals surface area contributed by atoms with Crippen LogP contribution in [-0.2, 0) is 11.3 Å². The van der Waals surface area contributed by atoms with Gasteiger partial charge in [-0.25, -0.2) is 4.39 Å². The number of amides is 1. The van der Waals surface area contributed by atoms with Crippen molar-refractivity contribution in [2.45, 2.75) is 44.3 Å². The van der Waals surface area contributed by atoms with E-state index >= 15 is 0 Å². The van der Waals surface area contributed by atoms with Crippen LogP contribution in [-0.4, -0.2) is 29.4 Å². The molecule has 0 unspecified atom stereocenters. The normalized spacial score (nSPS) is 18.1. The maximum Gasteiger partial charge on any atom is 0.237 e. The molecule has 2 aliphatic rings. The lowest BCUT2D eigenvalue weighted by molar-refractivity contribution is -0.131. The van der Waals surface area contributed by atoms with Crippen LogP contribution in [0.2, 0.25) is 5.02 Å². The Morgan fingerprint density at radius 2 is 2.10 bits per heavy atom. The Kier molecular flexibility index (Phi) is 3.94. The van der Waals surface area contributed by atoms with E-state index in [9.17, 15) is 9.18 Å². The number of hydrogen-bond acceptors (Lipinski definition) is 2. The van der Waals surface area contributed by atoms with Gasteiger partial charge < -0.3 is 10.2 Å². The van der Waals surface area contributed by atoms with Gasteiger partial charge >= 0.3 is 0 Å². The van der Waals surface area contributed by atoms with Crippen LogP contribution in [0.1, 0.15) is 31.2 Å². The second-order valence-corrected chi connectivity index (χ2v) is 6.02. The number of halogens is 2. The van der Waals surface area contributed by atoms with Gasteiger partial charge in [0.25, 0.3) is 0 Å². The van der Waals surface area contributed by atoms with Gasteiger partial charge in [0.1, 0.15) is 5.82 Å². The van der Waals surface area contributed by atoms with Crippen molar-refractivity contribution in [3.63, 3.8) is 0 Å². The quantitative estimate of drug-likeness (QED) is 0.875. The summed E-state index contributed by atoms with van der Waals surface area (Å²) >= 11 is 6.05. The highest BCUT2D eigenvalue weighted by Gasteiger charge is 2.34. The van der Waals surface area contributed by atoms with E-state index < -0.39 is 0 Å². The summed E-state index contributed by atoms with van der Waals surface area (Å²) in [7, 11) is 0. The Morgan fingerprint density at radius 1 is 1.35 bits per heavy atom. The van der Waals surface area contributed by atoms with Crippen molar-refractivity contribution in [1.82, 2.24) is 10.2 Å². The molecule has 20 heavy (non-hydrogen) atoms. The molecule has 1 aromatic carbocycles. The van der Waals surface area contributed by atoms with Crippen LogP contribution in [0.3, 0.4) is 0 Å². The van der Waals surface area contributed by atoms with E-state index in [4.69, 9.17) is 11.6 Å². The predicted molar refractivity (Wildman–Crippen MR) is 76.0 cm³/mol. The number of rotatable bonds is 6. The van der Waals surface area contributed by atoms with Gasteiger partial charge in [-0.3, -0.25) is 4.79 Å². The molecule has 0 aliphatic heterocycles. The van der Waals surface area contributed by atoms with Crippen LogP contribution in [0.5, 0.6) is 0 Å². The van der Waals surface area contributed by atoms with Crippen molar-refractivity contribution < 1.29 is 9.18 Å². The summed E-state index contributed by atoms with van der Waals surface area (Å²) in [5, 5.41) is 3.60. The van der Waals surface area contributed by atoms with E-state index in [0.717, 1.165) is 25.7 Å². The summed E-state index contributed by atoms with van der Waals surface area (Å²) in [5.41, 5.74) is 0.417. The van der Waals surface area contributed by atoms with Gasteiger partial charge in [-0.05, 0) is 37.8 Å². The molecule has 5 heteroatoms. The summed E-state index contributed by atoms with van der Waals surface area (Å²) in [6.07, 6.45) is 4.30. The van der Waals surface area contributed by atoms with Crippen LogP contribution in [0, 0.1) is 5.82 Å². The topological polar surface area (TPSA) is 32.3 Å². The zero-order valence-corrected chi connectivity index (χ0v) is 12.0. The highest BCUT2D eigenvalue weighted by molar-refractivity contribution is 6.31. The second kappa shape index (κ2) is 5.70. The van der Waals surface area contributed by atoms with Gasteiger partial charge in [0.05, 0.1) is 13.1 Å². The summed E-state index contributed by atoms with van der Waals surface area (Å²) in [4.78, 5) is 14.0. The van der Waals surface area contributed by atoms with Crippen LogP contribution < -0.4 is 5.32 Å². The smallest absolute Gasteiger partial charge is 0.237 e. The van der Waals surface area contributed by atoms with Crippen LogP contribution in [0.4, 0.5) is 4.39 Å². The number of carbonyl (C=O) groups is 1. The van der Waals surface area contributed by atoms with E-state index in [1.807, 2.05) is 0 Å². The van der Waals surface area contributed by atoms with Crippen molar-refractivity contribution in [2.24, 2.45) is 0 Å². The minimum absolute atomic E-state index is 0.0405. The highest BCUT2D eigenvalue weighted by atomic mass is 35.5. The third-order valence-corrected chi connectivity index (χ3v) is 4.17. The molecule has 1 amide bonds. The molecule has 0 aromatic heterocycles. The Bertz CT molecular complexity index is 494. The van der Waals surface area contributed by atoms with Gasteiger partial charge in [-0.15, -0.1) is 0 Å². The van der Waals surface area contributed by atoms with E-state index in [1.54, 1.807) is 17.0 Å². The van der Waals surface area contributed by atoms with Crippen molar-refractivity contribution in [3.8, 4) is 0 Å². The van der Waals surface area contributed by atoms with E-state index in [2.05, 4.69) is 5.32 Å². The zero-order chi connectivity index (χ0) is 14.1. The first-order valence-electron chi connectivity index (χ1n) is 7.11. The minimum atomic E-state index is -0.342. The lowest BCUT2D eigenvalue weighted by Crippen LogP contribution is -2.40. The molecule has 3 nitrogen and oxygen atoms in total. The third-order valence-electron chi connectivity index (χ3n) is 3.82. The van der Waals surface area contributed by atoms with Gasteiger partial charge in [0.2, 0.25) is 5.91 Å². The lowest BCUT2D eigenvalue weighted by Gasteiger charge is -2.23.